The van der Waals surface area contributed by atoms with E-state index in [-0.39, 0.29) is 0 Å². The van der Waals surface area contributed by atoms with Gasteiger partial charge in [-0.1, -0.05) is 0 Å². The van der Waals surface area contributed by atoms with Crippen molar-refractivity contribution >= 4 is 11.8 Å². The van der Waals surface area contributed by atoms with Gasteiger partial charge in [-0.05, 0) is 48.0 Å². The van der Waals surface area contributed by atoms with Gasteiger partial charge in [0.05, 0.1) is 13.7 Å². The zero-order chi connectivity index (χ0) is 18.0. The van der Waals surface area contributed by atoms with Crippen LogP contribution in [-0.4, -0.2) is 35.2 Å². The molecule has 0 atom stereocenters. The van der Waals surface area contributed by atoms with Gasteiger partial charge in [0, 0.05) is 25.1 Å². The monoisotopic (exact) mass is 351 g/mol. The number of aromatic nitrogens is 3. The molecule has 0 spiro atoms. The first-order valence-corrected chi connectivity index (χ1v) is 8.30. The summed E-state index contributed by atoms with van der Waals surface area (Å²) in [6, 6.07) is 13.2. The van der Waals surface area contributed by atoms with Crippen molar-refractivity contribution in [1.29, 1.82) is 0 Å². The Morgan fingerprint density at radius 1 is 0.885 bits per heavy atom. The minimum atomic E-state index is 0.504. The van der Waals surface area contributed by atoms with E-state index in [1.807, 2.05) is 42.5 Å². The van der Waals surface area contributed by atoms with E-state index < -0.39 is 0 Å². The van der Waals surface area contributed by atoms with Crippen molar-refractivity contribution in [1.82, 2.24) is 15.0 Å². The molecule has 0 amide bonds. The average Bonchev–Trinajstić information content (AvgIpc) is 2.71. The Balaban J connectivity index is 1.43. The molecular weight excluding hydrogens is 330 g/mol. The van der Waals surface area contributed by atoms with E-state index >= 15 is 0 Å². The van der Waals surface area contributed by atoms with Gasteiger partial charge in [-0.3, -0.25) is 4.98 Å². The van der Waals surface area contributed by atoms with Crippen molar-refractivity contribution in [2.45, 2.75) is 6.54 Å². The van der Waals surface area contributed by atoms with Gasteiger partial charge >= 0.3 is 0 Å². The lowest BCUT2D eigenvalue weighted by Crippen LogP contribution is -2.14. The molecular formula is C19H21N5O2. The fraction of sp³-hybridized carbons (Fsp3) is 0.211. The Hall–Kier alpha value is -3.35. The van der Waals surface area contributed by atoms with Gasteiger partial charge in [-0.25, -0.2) is 4.98 Å². The van der Waals surface area contributed by atoms with Crippen LogP contribution in [0, 0.1) is 0 Å². The van der Waals surface area contributed by atoms with Crippen LogP contribution in [0.3, 0.4) is 0 Å². The molecule has 0 aliphatic rings. The number of nitrogens with zero attached hydrogens (tertiary/aromatic N) is 3. The van der Waals surface area contributed by atoms with E-state index in [1.165, 1.54) is 0 Å². The highest BCUT2D eigenvalue weighted by molar-refractivity contribution is 5.40. The molecule has 0 aliphatic carbocycles. The van der Waals surface area contributed by atoms with Crippen LogP contribution in [0.25, 0.3) is 0 Å². The number of methoxy groups -OCH3 is 1. The van der Waals surface area contributed by atoms with E-state index in [1.54, 1.807) is 25.7 Å². The minimum Gasteiger partial charge on any atom is -0.497 e. The maximum Gasteiger partial charge on any atom is 0.224 e. The molecule has 7 heteroatoms. The summed E-state index contributed by atoms with van der Waals surface area (Å²) in [6.45, 7) is 1.78. The van der Waals surface area contributed by atoms with Gasteiger partial charge in [0.1, 0.15) is 23.9 Å². The van der Waals surface area contributed by atoms with Crippen LogP contribution < -0.4 is 20.1 Å². The third kappa shape index (κ3) is 5.34. The van der Waals surface area contributed by atoms with E-state index in [2.05, 4.69) is 25.6 Å². The molecule has 2 aromatic heterocycles. The van der Waals surface area contributed by atoms with Crippen molar-refractivity contribution < 1.29 is 9.47 Å². The van der Waals surface area contributed by atoms with Crippen LogP contribution >= 0.6 is 0 Å². The summed E-state index contributed by atoms with van der Waals surface area (Å²) in [4.78, 5) is 12.7. The molecule has 2 N–H and O–H groups in total. The molecule has 1 aromatic carbocycles. The number of hydrogen-bond acceptors (Lipinski definition) is 7. The largest absolute Gasteiger partial charge is 0.497 e. The molecule has 0 unspecified atom stereocenters. The van der Waals surface area contributed by atoms with Crippen molar-refractivity contribution in [2.24, 2.45) is 0 Å². The number of anilines is 2. The second-order valence-corrected chi connectivity index (χ2v) is 5.43. The zero-order valence-corrected chi connectivity index (χ0v) is 14.6. The highest BCUT2D eigenvalue weighted by atomic mass is 16.5. The number of pyridine rings is 1. The van der Waals surface area contributed by atoms with Crippen LogP contribution in [0.2, 0.25) is 0 Å². The van der Waals surface area contributed by atoms with Crippen molar-refractivity contribution in [3.63, 3.8) is 0 Å². The van der Waals surface area contributed by atoms with Gasteiger partial charge in [-0.2, -0.15) is 4.98 Å². The second-order valence-electron chi connectivity index (χ2n) is 5.43. The Kier molecular flexibility index (Phi) is 6.19. The molecule has 0 saturated carbocycles. The first-order chi connectivity index (χ1) is 12.8. The van der Waals surface area contributed by atoms with Crippen molar-refractivity contribution in [3.8, 4) is 11.5 Å². The fourth-order valence-electron chi connectivity index (χ4n) is 2.24. The first-order valence-electron chi connectivity index (χ1n) is 8.30. The predicted octanol–water partition coefficient (Wildman–Crippen LogP) is 2.98. The Morgan fingerprint density at radius 2 is 1.65 bits per heavy atom. The lowest BCUT2D eigenvalue weighted by atomic mass is 10.3. The number of hydrogen-bond donors (Lipinski definition) is 2. The maximum absolute atomic E-state index is 5.67. The fourth-order valence-corrected chi connectivity index (χ4v) is 2.24. The normalized spacial score (nSPS) is 10.2. The number of benzene rings is 1. The van der Waals surface area contributed by atoms with Crippen LogP contribution in [-0.2, 0) is 6.54 Å². The molecule has 0 saturated heterocycles. The van der Waals surface area contributed by atoms with E-state index in [0.717, 1.165) is 22.9 Å². The van der Waals surface area contributed by atoms with Crippen LogP contribution in [0.1, 0.15) is 5.56 Å². The molecule has 7 nitrogen and oxygen atoms in total. The van der Waals surface area contributed by atoms with Gasteiger partial charge in [0.2, 0.25) is 5.95 Å². The van der Waals surface area contributed by atoms with Crippen LogP contribution in [0.15, 0.2) is 61.1 Å². The highest BCUT2D eigenvalue weighted by Crippen LogP contribution is 2.16. The molecule has 2 heterocycles. The van der Waals surface area contributed by atoms with Gasteiger partial charge in [0.15, 0.2) is 0 Å². The second kappa shape index (κ2) is 9.22. The average molecular weight is 351 g/mol. The quantitative estimate of drug-likeness (QED) is 0.574. The summed E-state index contributed by atoms with van der Waals surface area (Å²) < 4.78 is 10.8. The van der Waals surface area contributed by atoms with E-state index in [4.69, 9.17) is 9.47 Å². The van der Waals surface area contributed by atoms with E-state index in [9.17, 15) is 0 Å². The van der Waals surface area contributed by atoms with Crippen LogP contribution in [0.4, 0.5) is 11.8 Å². The third-order valence-corrected chi connectivity index (χ3v) is 3.59. The SMILES string of the molecule is COc1ccc(OCCNc2nccc(NCc3ccncc3)n2)cc1. The molecule has 3 rings (SSSR count). The lowest BCUT2D eigenvalue weighted by Gasteiger charge is -2.10. The molecule has 3 aromatic rings. The summed E-state index contributed by atoms with van der Waals surface area (Å²) in [5.74, 6) is 2.92. The predicted molar refractivity (Wildman–Crippen MR) is 101 cm³/mol. The minimum absolute atomic E-state index is 0.504. The van der Waals surface area contributed by atoms with Crippen molar-refractivity contribution in [3.05, 3.63) is 66.6 Å². The van der Waals surface area contributed by atoms with Crippen LogP contribution in [0.5, 0.6) is 11.5 Å². The Bertz CT molecular complexity index is 797. The molecule has 0 fully saturated rings. The van der Waals surface area contributed by atoms with Crippen molar-refractivity contribution in [2.75, 3.05) is 30.9 Å². The Labute approximate surface area is 152 Å². The highest BCUT2D eigenvalue weighted by Gasteiger charge is 2.00. The zero-order valence-electron chi connectivity index (χ0n) is 14.6. The molecule has 26 heavy (non-hydrogen) atoms. The molecule has 0 radical (unpaired) electrons. The summed E-state index contributed by atoms with van der Waals surface area (Å²) in [5.41, 5.74) is 1.14. The Morgan fingerprint density at radius 3 is 2.42 bits per heavy atom. The molecule has 134 valence electrons. The smallest absolute Gasteiger partial charge is 0.224 e. The lowest BCUT2D eigenvalue weighted by molar-refractivity contribution is 0.331. The number of ether oxygens (including phenoxy) is 2. The summed E-state index contributed by atoms with van der Waals surface area (Å²) in [6.07, 6.45) is 5.26. The summed E-state index contributed by atoms with van der Waals surface area (Å²) in [5, 5.41) is 6.42. The molecule has 0 aliphatic heterocycles. The number of rotatable bonds is 9. The molecule has 0 bridgehead atoms. The van der Waals surface area contributed by atoms with Gasteiger partial charge in [-0.15, -0.1) is 0 Å². The third-order valence-electron chi connectivity index (χ3n) is 3.59. The topological polar surface area (TPSA) is 81.2 Å². The first kappa shape index (κ1) is 17.5. The summed E-state index contributed by atoms with van der Waals surface area (Å²) >= 11 is 0. The number of nitrogens with one attached hydrogen (secondary N) is 2. The standard InChI is InChI=1S/C19H21N5O2/c1-25-16-2-4-17(5-3-16)26-13-12-22-19-21-11-8-18(24-19)23-14-15-6-9-20-10-7-15/h2-11H,12-14H2,1H3,(H2,21,22,23,24). The maximum atomic E-state index is 5.67. The van der Waals surface area contributed by atoms with Gasteiger partial charge < -0.3 is 20.1 Å². The van der Waals surface area contributed by atoms with Gasteiger partial charge in [0.25, 0.3) is 0 Å². The van der Waals surface area contributed by atoms with E-state index in [0.29, 0.717) is 25.6 Å². The summed E-state index contributed by atoms with van der Waals surface area (Å²) in [7, 11) is 1.64.